The molecule has 3 nitrogen and oxygen atoms in total. The third-order valence-electron chi connectivity index (χ3n) is 2.72. The van der Waals surface area contributed by atoms with Gasteiger partial charge >= 0.3 is 0 Å². The van der Waals surface area contributed by atoms with Gasteiger partial charge < -0.3 is 5.73 Å². The quantitative estimate of drug-likeness (QED) is 0.700. The number of nitrogens with zero attached hydrogens (tertiary/aromatic N) is 1. The van der Waals surface area contributed by atoms with Gasteiger partial charge in [-0.2, -0.15) is 0 Å². The van der Waals surface area contributed by atoms with Crippen molar-refractivity contribution in [3.8, 4) is 0 Å². The van der Waals surface area contributed by atoms with Gasteiger partial charge in [-0.15, -0.1) is 0 Å². The van der Waals surface area contributed by atoms with Gasteiger partial charge in [-0.25, -0.2) is 0 Å². The highest BCUT2D eigenvalue weighted by Crippen LogP contribution is 2.15. The van der Waals surface area contributed by atoms with Crippen molar-refractivity contribution in [1.29, 1.82) is 0 Å². The number of nitrogens with two attached hydrogens (primary N) is 1. The number of halogens is 1. The molecule has 92 valence electrons. The van der Waals surface area contributed by atoms with E-state index >= 15 is 0 Å². The lowest BCUT2D eigenvalue weighted by atomic mass is 10.0. The fourth-order valence-corrected chi connectivity index (χ4v) is 1.86. The highest BCUT2D eigenvalue weighted by atomic mass is 79.9. The largest absolute Gasteiger partial charge is 0.399 e. The number of aryl methyl sites for hydroxylation is 1. The molecule has 0 radical (unpaired) electrons. The van der Waals surface area contributed by atoms with Gasteiger partial charge in [0.1, 0.15) is 0 Å². The summed E-state index contributed by atoms with van der Waals surface area (Å²) in [5.74, 6) is 0.0490. The zero-order valence-corrected chi connectivity index (χ0v) is 11.6. The second-order valence-electron chi connectivity index (χ2n) is 4.14. The molecule has 1 heterocycles. The van der Waals surface area contributed by atoms with Crippen molar-refractivity contribution in [2.45, 2.75) is 13.3 Å². The van der Waals surface area contributed by atoms with Crippen molar-refractivity contribution in [1.82, 2.24) is 4.98 Å². The molecule has 1 aromatic carbocycles. The lowest BCUT2D eigenvalue weighted by Crippen LogP contribution is -2.05. The Bertz CT molecular complexity index is 579. The summed E-state index contributed by atoms with van der Waals surface area (Å²) in [5, 5.41) is 0. The molecule has 0 saturated carbocycles. The van der Waals surface area contributed by atoms with Crippen LogP contribution in [0.5, 0.6) is 0 Å². The van der Waals surface area contributed by atoms with Gasteiger partial charge in [-0.1, -0.05) is 0 Å². The third kappa shape index (κ3) is 2.96. The van der Waals surface area contributed by atoms with E-state index in [0.717, 1.165) is 15.7 Å². The summed E-state index contributed by atoms with van der Waals surface area (Å²) in [6, 6.07) is 9.05. The first-order chi connectivity index (χ1) is 8.56. The van der Waals surface area contributed by atoms with Crippen LogP contribution in [0.1, 0.15) is 21.6 Å². The van der Waals surface area contributed by atoms with Crippen molar-refractivity contribution >= 4 is 27.4 Å². The van der Waals surface area contributed by atoms with Crippen molar-refractivity contribution in [3.63, 3.8) is 0 Å². The number of carbonyl (C=O) groups is 1. The molecule has 0 aliphatic rings. The molecule has 4 heteroatoms. The van der Waals surface area contributed by atoms with E-state index in [9.17, 15) is 4.79 Å². The number of pyridine rings is 1. The first kappa shape index (κ1) is 12.8. The van der Waals surface area contributed by atoms with E-state index in [1.54, 1.807) is 18.3 Å². The molecule has 0 atom stereocenters. The second kappa shape index (κ2) is 5.31. The maximum Gasteiger partial charge on any atom is 0.168 e. The number of hydrogen-bond acceptors (Lipinski definition) is 3. The predicted molar refractivity (Wildman–Crippen MR) is 75.6 cm³/mol. The molecule has 0 aliphatic carbocycles. The molecule has 0 bridgehead atoms. The fraction of sp³-hybridized carbons (Fsp3) is 0.143. The highest BCUT2D eigenvalue weighted by Gasteiger charge is 2.09. The topological polar surface area (TPSA) is 56.0 Å². The number of hydrogen-bond donors (Lipinski definition) is 1. The molecule has 0 amide bonds. The van der Waals surface area contributed by atoms with Crippen LogP contribution in [0, 0.1) is 6.92 Å². The average molecular weight is 305 g/mol. The minimum absolute atomic E-state index is 0.0490. The van der Waals surface area contributed by atoms with Gasteiger partial charge in [-0.05, 0) is 58.7 Å². The summed E-state index contributed by atoms with van der Waals surface area (Å²) in [4.78, 5) is 16.3. The number of aromatic nitrogens is 1. The number of Topliss-reactive ketones (excluding diaryl/α,β-unsaturated/α-hetero) is 1. The van der Waals surface area contributed by atoms with Gasteiger partial charge in [0, 0.05) is 27.6 Å². The number of nitrogen functional groups attached to an aromatic ring is 1. The summed E-state index contributed by atoms with van der Waals surface area (Å²) in [7, 11) is 0. The van der Waals surface area contributed by atoms with Crippen molar-refractivity contribution in [3.05, 3.63) is 57.8 Å². The molecule has 0 saturated heterocycles. The van der Waals surface area contributed by atoms with Crippen LogP contribution in [0.3, 0.4) is 0 Å². The standard InChI is InChI=1S/C14H13BrN2O/c1-9-6-10(2-5-13(9)16)14(18)7-12-4-3-11(15)8-17-12/h2-6,8H,7,16H2,1H3. The Morgan fingerprint density at radius 1 is 1.33 bits per heavy atom. The smallest absolute Gasteiger partial charge is 0.168 e. The first-order valence-electron chi connectivity index (χ1n) is 5.56. The van der Waals surface area contributed by atoms with Gasteiger partial charge in [0.15, 0.2) is 5.78 Å². The van der Waals surface area contributed by atoms with Crippen LogP contribution in [-0.2, 0) is 6.42 Å². The van der Waals surface area contributed by atoms with E-state index in [0.29, 0.717) is 17.7 Å². The second-order valence-corrected chi connectivity index (χ2v) is 5.05. The molecular formula is C14H13BrN2O. The van der Waals surface area contributed by atoms with Crippen LogP contribution in [0.15, 0.2) is 41.0 Å². The van der Waals surface area contributed by atoms with Crippen molar-refractivity contribution in [2.75, 3.05) is 5.73 Å². The number of benzene rings is 1. The Morgan fingerprint density at radius 2 is 2.11 bits per heavy atom. The molecule has 0 fully saturated rings. The number of carbonyl (C=O) groups excluding carboxylic acids is 1. The molecular weight excluding hydrogens is 292 g/mol. The Labute approximate surface area is 114 Å². The van der Waals surface area contributed by atoms with Gasteiger partial charge in [-0.3, -0.25) is 9.78 Å². The summed E-state index contributed by atoms with van der Waals surface area (Å²) >= 11 is 3.31. The fourth-order valence-electron chi connectivity index (χ4n) is 1.63. The Hall–Kier alpha value is -1.68. The molecule has 0 spiro atoms. The van der Waals surface area contributed by atoms with Crippen LogP contribution in [0.2, 0.25) is 0 Å². The zero-order chi connectivity index (χ0) is 13.1. The molecule has 2 N–H and O–H groups in total. The third-order valence-corrected chi connectivity index (χ3v) is 3.19. The monoisotopic (exact) mass is 304 g/mol. The van der Waals surface area contributed by atoms with E-state index in [-0.39, 0.29) is 5.78 Å². The summed E-state index contributed by atoms with van der Waals surface area (Å²) < 4.78 is 0.905. The maximum atomic E-state index is 12.1. The number of ketones is 1. The Morgan fingerprint density at radius 3 is 2.72 bits per heavy atom. The molecule has 2 rings (SSSR count). The minimum atomic E-state index is 0.0490. The van der Waals surface area contributed by atoms with Crippen LogP contribution < -0.4 is 5.73 Å². The maximum absolute atomic E-state index is 12.1. The van der Waals surface area contributed by atoms with E-state index in [1.165, 1.54) is 0 Å². The first-order valence-corrected chi connectivity index (χ1v) is 6.35. The number of anilines is 1. The lowest BCUT2D eigenvalue weighted by Gasteiger charge is -2.04. The zero-order valence-electron chi connectivity index (χ0n) is 9.98. The molecule has 18 heavy (non-hydrogen) atoms. The lowest BCUT2D eigenvalue weighted by molar-refractivity contribution is 0.0992. The van der Waals surface area contributed by atoms with Crippen LogP contribution in [-0.4, -0.2) is 10.8 Å². The minimum Gasteiger partial charge on any atom is -0.399 e. The van der Waals surface area contributed by atoms with Crippen LogP contribution in [0.25, 0.3) is 0 Å². The number of rotatable bonds is 3. The molecule has 1 aromatic heterocycles. The van der Waals surface area contributed by atoms with E-state index < -0.39 is 0 Å². The van der Waals surface area contributed by atoms with Gasteiger partial charge in [0.25, 0.3) is 0 Å². The summed E-state index contributed by atoms with van der Waals surface area (Å²) in [5.41, 5.74) is 8.79. The summed E-state index contributed by atoms with van der Waals surface area (Å²) in [6.45, 7) is 1.89. The van der Waals surface area contributed by atoms with Crippen molar-refractivity contribution < 1.29 is 4.79 Å². The van der Waals surface area contributed by atoms with E-state index in [2.05, 4.69) is 20.9 Å². The van der Waals surface area contributed by atoms with E-state index in [4.69, 9.17) is 5.73 Å². The Balaban J connectivity index is 2.16. The van der Waals surface area contributed by atoms with Crippen molar-refractivity contribution in [2.24, 2.45) is 0 Å². The van der Waals surface area contributed by atoms with Gasteiger partial charge in [0.05, 0.1) is 6.42 Å². The van der Waals surface area contributed by atoms with Crippen LogP contribution >= 0.6 is 15.9 Å². The normalized spacial score (nSPS) is 10.3. The Kier molecular flexibility index (Phi) is 3.77. The molecule has 0 unspecified atom stereocenters. The van der Waals surface area contributed by atoms with Crippen LogP contribution in [0.4, 0.5) is 5.69 Å². The average Bonchev–Trinajstić information content (AvgIpc) is 2.35. The highest BCUT2D eigenvalue weighted by molar-refractivity contribution is 9.10. The van der Waals surface area contributed by atoms with E-state index in [1.807, 2.05) is 25.1 Å². The molecule has 0 aliphatic heterocycles. The van der Waals surface area contributed by atoms with Gasteiger partial charge in [0.2, 0.25) is 0 Å². The SMILES string of the molecule is Cc1cc(C(=O)Cc2ccc(Br)cn2)ccc1N. The molecule has 2 aromatic rings. The predicted octanol–water partition coefficient (Wildman–Crippen LogP) is 3.16. The summed E-state index contributed by atoms with van der Waals surface area (Å²) in [6.07, 6.45) is 1.99.